The molecule has 5 heteroatoms. The quantitative estimate of drug-likeness (QED) is 0.686. The van der Waals surface area contributed by atoms with Crippen molar-refractivity contribution in [2.75, 3.05) is 13.2 Å². The molecule has 0 aliphatic carbocycles. The highest BCUT2D eigenvalue weighted by molar-refractivity contribution is 5.87. The van der Waals surface area contributed by atoms with Gasteiger partial charge in [-0.05, 0) is 13.3 Å². The maximum absolute atomic E-state index is 11.3. The predicted octanol–water partition coefficient (Wildman–Crippen LogP) is 0.257. The van der Waals surface area contributed by atoms with Crippen LogP contribution in [0.5, 0.6) is 0 Å². The molecule has 0 spiro atoms. The molecule has 0 aromatic heterocycles. The standard InChI is InChI=1S/C9H16N2O3/c1-3-6-5-10-8(12)7(6)11-9(13)14-4-2/h6-7H,3-5H2,1-2H3,(H,10,12)(H,11,13)/t6-,7?/m1/s1. The zero-order valence-corrected chi connectivity index (χ0v) is 8.50. The Morgan fingerprint density at radius 1 is 1.64 bits per heavy atom. The molecule has 1 heterocycles. The van der Waals surface area contributed by atoms with Gasteiger partial charge in [0.2, 0.25) is 5.91 Å². The molecule has 2 atom stereocenters. The van der Waals surface area contributed by atoms with Crippen LogP contribution in [0.3, 0.4) is 0 Å². The van der Waals surface area contributed by atoms with Gasteiger partial charge in [-0.1, -0.05) is 6.92 Å². The molecule has 5 nitrogen and oxygen atoms in total. The van der Waals surface area contributed by atoms with Crippen LogP contribution < -0.4 is 10.6 Å². The number of amides is 2. The fourth-order valence-electron chi connectivity index (χ4n) is 1.54. The lowest BCUT2D eigenvalue weighted by Gasteiger charge is -2.15. The van der Waals surface area contributed by atoms with Gasteiger partial charge in [0.15, 0.2) is 0 Å². The van der Waals surface area contributed by atoms with Gasteiger partial charge in [-0.25, -0.2) is 4.79 Å². The summed E-state index contributed by atoms with van der Waals surface area (Å²) in [5.41, 5.74) is 0. The lowest BCUT2D eigenvalue weighted by Crippen LogP contribution is -2.43. The van der Waals surface area contributed by atoms with E-state index in [2.05, 4.69) is 10.6 Å². The van der Waals surface area contributed by atoms with E-state index in [0.717, 1.165) is 6.42 Å². The van der Waals surface area contributed by atoms with Crippen LogP contribution in [0.15, 0.2) is 0 Å². The molecule has 0 bridgehead atoms. The maximum Gasteiger partial charge on any atom is 0.407 e. The fourth-order valence-corrected chi connectivity index (χ4v) is 1.54. The third-order valence-corrected chi connectivity index (χ3v) is 2.37. The molecule has 80 valence electrons. The zero-order valence-electron chi connectivity index (χ0n) is 8.50. The highest BCUT2D eigenvalue weighted by Gasteiger charge is 2.34. The van der Waals surface area contributed by atoms with E-state index in [9.17, 15) is 9.59 Å². The monoisotopic (exact) mass is 200 g/mol. The van der Waals surface area contributed by atoms with E-state index >= 15 is 0 Å². The summed E-state index contributed by atoms with van der Waals surface area (Å²) in [5, 5.41) is 5.27. The second kappa shape index (κ2) is 4.83. The minimum Gasteiger partial charge on any atom is -0.450 e. The summed E-state index contributed by atoms with van der Waals surface area (Å²) in [7, 11) is 0. The van der Waals surface area contributed by atoms with Crippen molar-refractivity contribution >= 4 is 12.0 Å². The molecule has 0 aromatic rings. The van der Waals surface area contributed by atoms with Crippen LogP contribution >= 0.6 is 0 Å². The summed E-state index contributed by atoms with van der Waals surface area (Å²) in [6.45, 7) is 4.67. The number of hydrogen-bond donors (Lipinski definition) is 2. The maximum atomic E-state index is 11.3. The lowest BCUT2D eigenvalue weighted by atomic mass is 10.0. The minimum atomic E-state index is -0.520. The summed E-state index contributed by atoms with van der Waals surface area (Å²) in [4.78, 5) is 22.4. The normalized spacial score (nSPS) is 25.7. The first-order chi connectivity index (χ1) is 6.69. The Labute approximate surface area is 83.2 Å². The highest BCUT2D eigenvalue weighted by Crippen LogP contribution is 2.13. The summed E-state index contributed by atoms with van der Waals surface area (Å²) in [6.07, 6.45) is 0.337. The molecular weight excluding hydrogens is 184 g/mol. The van der Waals surface area contributed by atoms with Crippen LogP contribution in [0.25, 0.3) is 0 Å². The number of nitrogens with one attached hydrogen (secondary N) is 2. The number of ether oxygens (including phenoxy) is 1. The first kappa shape index (κ1) is 10.8. The van der Waals surface area contributed by atoms with Gasteiger partial charge in [-0.3, -0.25) is 4.79 Å². The Bertz CT molecular complexity index is 230. The van der Waals surface area contributed by atoms with Crippen molar-refractivity contribution in [1.29, 1.82) is 0 Å². The Morgan fingerprint density at radius 3 is 2.93 bits per heavy atom. The number of rotatable bonds is 3. The van der Waals surface area contributed by atoms with Gasteiger partial charge in [-0.2, -0.15) is 0 Å². The van der Waals surface area contributed by atoms with E-state index in [-0.39, 0.29) is 11.8 Å². The molecule has 1 aliphatic heterocycles. The van der Waals surface area contributed by atoms with Crippen LogP contribution in [0.4, 0.5) is 4.79 Å². The first-order valence-electron chi connectivity index (χ1n) is 4.90. The van der Waals surface area contributed by atoms with E-state index in [0.29, 0.717) is 13.2 Å². The summed E-state index contributed by atoms with van der Waals surface area (Å²) in [6, 6.07) is -0.431. The third kappa shape index (κ3) is 2.37. The molecule has 0 radical (unpaired) electrons. The number of carbonyl (C=O) groups is 2. The Morgan fingerprint density at radius 2 is 2.36 bits per heavy atom. The average molecular weight is 200 g/mol. The Kier molecular flexibility index (Phi) is 3.73. The van der Waals surface area contributed by atoms with E-state index in [4.69, 9.17) is 4.74 Å². The SMILES string of the molecule is CCOC(=O)NC1C(=O)NC[C@H]1CC. The van der Waals surface area contributed by atoms with E-state index in [1.165, 1.54) is 0 Å². The Hall–Kier alpha value is -1.26. The number of alkyl carbamates (subject to hydrolysis) is 1. The highest BCUT2D eigenvalue weighted by atomic mass is 16.5. The molecule has 14 heavy (non-hydrogen) atoms. The van der Waals surface area contributed by atoms with E-state index < -0.39 is 12.1 Å². The molecule has 1 fully saturated rings. The molecule has 2 N–H and O–H groups in total. The van der Waals surface area contributed by atoms with Gasteiger partial charge < -0.3 is 15.4 Å². The van der Waals surface area contributed by atoms with Gasteiger partial charge in [0.1, 0.15) is 6.04 Å². The van der Waals surface area contributed by atoms with Crippen LogP contribution in [-0.4, -0.2) is 31.2 Å². The second-order valence-electron chi connectivity index (χ2n) is 3.26. The summed E-state index contributed by atoms with van der Waals surface area (Å²) in [5.74, 6) is 0.0526. The van der Waals surface area contributed by atoms with E-state index in [1.54, 1.807) is 6.92 Å². The number of hydrogen-bond acceptors (Lipinski definition) is 3. The summed E-state index contributed by atoms with van der Waals surface area (Å²) >= 11 is 0. The Balaban J connectivity index is 2.48. The second-order valence-corrected chi connectivity index (χ2v) is 3.26. The molecule has 0 aromatic carbocycles. The zero-order chi connectivity index (χ0) is 10.6. The van der Waals surface area contributed by atoms with Crippen LogP contribution in [0, 0.1) is 5.92 Å². The first-order valence-corrected chi connectivity index (χ1v) is 4.90. The van der Waals surface area contributed by atoms with Crippen LogP contribution in [0.2, 0.25) is 0 Å². The van der Waals surface area contributed by atoms with E-state index in [1.807, 2.05) is 6.92 Å². The van der Waals surface area contributed by atoms with Crippen molar-refractivity contribution in [3.63, 3.8) is 0 Å². The predicted molar refractivity (Wildman–Crippen MR) is 50.7 cm³/mol. The smallest absolute Gasteiger partial charge is 0.407 e. The average Bonchev–Trinajstić information content (AvgIpc) is 2.48. The van der Waals surface area contributed by atoms with Crippen molar-refractivity contribution in [3.8, 4) is 0 Å². The van der Waals surface area contributed by atoms with Gasteiger partial charge in [0, 0.05) is 12.5 Å². The molecule has 0 saturated carbocycles. The molecular formula is C9H16N2O3. The molecule has 1 unspecified atom stereocenters. The molecule has 1 saturated heterocycles. The van der Waals surface area contributed by atoms with Gasteiger partial charge in [-0.15, -0.1) is 0 Å². The fraction of sp³-hybridized carbons (Fsp3) is 0.778. The topological polar surface area (TPSA) is 67.4 Å². The lowest BCUT2D eigenvalue weighted by molar-refractivity contribution is -0.121. The largest absolute Gasteiger partial charge is 0.450 e. The van der Waals surface area contributed by atoms with Crippen molar-refractivity contribution in [3.05, 3.63) is 0 Å². The van der Waals surface area contributed by atoms with Crippen molar-refractivity contribution in [1.82, 2.24) is 10.6 Å². The van der Waals surface area contributed by atoms with Gasteiger partial charge >= 0.3 is 6.09 Å². The van der Waals surface area contributed by atoms with Gasteiger partial charge in [0.05, 0.1) is 6.61 Å². The van der Waals surface area contributed by atoms with Crippen molar-refractivity contribution in [2.24, 2.45) is 5.92 Å². The van der Waals surface area contributed by atoms with Crippen molar-refractivity contribution in [2.45, 2.75) is 26.3 Å². The molecule has 1 rings (SSSR count). The third-order valence-electron chi connectivity index (χ3n) is 2.37. The van der Waals surface area contributed by atoms with Crippen molar-refractivity contribution < 1.29 is 14.3 Å². The molecule has 1 aliphatic rings. The number of carbonyl (C=O) groups excluding carboxylic acids is 2. The molecule has 2 amide bonds. The van der Waals surface area contributed by atoms with Crippen LogP contribution in [0.1, 0.15) is 20.3 Å². The van der Waals surface area contributed by atoms with Crippen LogP contribution in [-0.2, 0) is 9.53 Å². The summed E-state index contributed by atoms with van der Waals surface area (Å²) < 4.78 is 4.71. The minimum absolute atomic E-state index is 0.120. The van der Waals surface area contributed by atoms with Gasteiger partial charge in [0.25, 0.3) is 0 Å².